The van der Waals surface area contributed by atoms with E-state index in [2.05, 4.69) is 18.2 Å². The second-order valence-corrected chi connectivity index (χ2v) is 4.91. The zero-order valence-corrected chi connectivity index (χ0v) is 8.93. The summed E-state index contributed by atoms with van der Waals surface area (Å²) in [7, 11) is -3.13. The van der Waals surface area contributed by atoms with Crippen LogP contribution in [0.4, 0.5) is 0 Å². The molecule has 1 atom stereocenters. The summed E-state index contributed by atoms with van der Waals surface area (Å²) in [5.74, 6) is 0.505. The highest BCUT2D eigenvalue weighted by Gasteiger charge is 2.06. The summed E-state index contributed by atoms with van der Waals surface area (Å²) in [6.45, 7) is 10.9. The van der Waals surface area contributed by atoms with Crippen molar-refractivity contribution in [2.75, 3.05) is 19.8 Å². The van der Waals surface area contributed by atoms with Gasteiger partial charge in [-0.05, 0) is 12.5 Å². The van der Waals surface area contributed by atoms with Gasteiger partial charge in [0.25, 0.3) is 7.52 Å². The third-order valence-electron chi connectivity index (χ3n) is 1.26. The minimum Gasteiger partial charge on any atom is -0.493 e. The van der Waals surface area contributed by atoms with E-state index < -0.39 is 7.52 Å². The SMILES string of the molecule is C=C(C)C(=C)OCCNP(C)(=O)O. The maximum absolute atomic E-state index is 10.7. The lowest BCUT2D eigenvalue weighted by Gasteiger charge is -2.10. The molecule has 0 heterocycles. The smallest absolute Gasteiger partial charge is 0.264 e. The van der Waals surface area contributed by atoms with Gasteiger partial charge < -0.3 is 9.63 Å². The van der Waals surface area contributed by atoms with E-state index in [9.17, 15) is 4.57 Å². The minimum atomic E-state index is -3.13. The predicted octanol–water partition coefficient (Wildman–Crippen LogP) is 1.50. The molecule has 5 heteroatoms. The number of nitrogens with one attached hydrogen (secondary N) is 1. The third kappa shape index (κ3) is 7.78. The second-order valence-electron chi connectivity index (χ2n) is 2.84. The molecule has 13 heavy (non-hydrogen) atoms. The molecule has 0 aliphatic rings. The quantitative estimate of drug-likeness (QED) is 0.298. The van der Waals surface area contributed by atoms with E-state index in [1.54, 1.807) is 6.92 Å². The Bertz CT molecular complexity index is 244. The summed E-state index contributed by atoms with van der Waals surface area (Å²) in [5, 5.41) is 2.43. The van der Waals surface area contributed by atoms with Crippen LogP contribution in [0.3, 0.4) is 0 Å². The first-order chi connectivity index (χ1) is 5.83. The highest BCUT2D eigenvalue weighted by molar-refractivity contribution is 7.54. The summed E-state index contributed by atoms with van der Waals surface area (Å²) in [6.07, 6.45) is 0. The van der Waals surface area contributed by atoms with Crippen molar-refractivity contribution in [3.8, 4) is 0 Å². The average Bonchev–Trinajstić information content (AvgIpc) is 1.95. The number of rotatable bonds is 6. The molecule has 4 nitrogen and oxygen atoms in total. The van der Waals surface area contributed by atoms with Gasteiger partial charge in [0.15, 0.2) is 0 Å². The molecule has 76 valence electrons. The van der Waals surface area contributed by atoms with Crippen LogP contribution in [0.1, 0.15) is 6.92 Å². The molecule has 0 aromatic heterocycles. The molecule has 0 saturated heterocycles. The van der Waals surface area contributed by atoms with Gasteiger partial charge in [0.05, 0.1) is 0 Å². The number of hydrogen-bond donors (Lipinski definition) is 2. The molecule has 0 spiro atoms. The Kier molecular flexibility index (Phi) is 4.99. The molecule has 0 saturated carbocycles. The molecule has 1 unspecified atom stereocenters. The summed E-state index contributed by atoms with van der Waals surface area (Å²) in [4.78, 5) is 8.84. The molecule has 0 radical (unpaired) electrons. The first-order valence-corrected chi connectivity index (χ1v) is 5.96. The lowest BCUT2D eigenvalue weighted by Crippen LogP contribution is -2.16. The van der Waals surface area contributed by atoms with Crippen LogP contribution in [0.25, 0.3) is 0 Å². The van der Waals surface area contributed by atoms with Crippen molar-refractivity contribution in [3.63, 3.8) is 0 Å². The third-order valence-corrected chi connectivity index (χ3v) is 2.07. The van der Waals surface area contributed by atoms with Gasteiger partial charge in [-0.15, -0.1) is 0 Å². The van der Waals surface area contributed by atoms with Crippen LogP contribution in [0.15, 0.2) is 24.5 Å². The Labute approximate surface area is 78.8 Å². The lowest BCUT2D eigenvalue weighted by atomic mass is 10.3. The van der Waals surface area contributed by atoms with E-state index in [1.807, 2.05) is 0 Å². The molecule has 0 aliphatic carbocycles. The zero-order valence-electron chi connectivity index (χ0n) is 8.04. The van der Waals surface area contributed by atoms with Crippen molar-refractivity contribution in [2.45, 2.75) is 6.92 Å². The summed E-state index contributed by atoms with van der Waals surface area (Å²) >= 11 is 0. The Morgan fingerprint density at radius 1 is 1.62 bits per heavy atom. The van der Waals surface area contributed by atoms with Crippen LogP contribution in [-0.2, 0) is 9.30 Å². The molecule has 0 fully saturated rings. The molecule has 0 amide bonds. The largest absolute Gasteiger partial charge is 0.493 e. The number of hydrogen-bond acceptors (Lipinski definition) is 2. The maximum atomic E-state index is 10.7. The second kappa shape index (κ2) is 5.22. The minimum absolute atomic E-state index is 0.310. The number of allylic oxidation sites excluding steroid dienone is 1. The van der Waals surface area contributed by atoms with Crippen LogP contribution >= 0.6 is 7.52 Å². The van der Waals surface area contributed by atoms with Gasteiger partial charge in [-0.25, -0.2) is 5.09 Å². The first kappa shape index (κ1) is 12.4. The van der Waals surface area contributed by atoms with Gasteiger partial charge in [-0.2, -0.15) is 0 Å². The first-order valence-electron chi connectivity index (χ1n) is 3.86. The fourth-order valence-corrected chi connectivity index (χ4v) is 1.06. The van der Waals surface area contributed by atoms with Crippen molar-refractivity contribution >= 4 is 7.52 Å². The van der Waals surface area contributed by atoms with E-state index in [4.69, 9.17) is 9.63 Å². The van der Waals surface area contributed by atoms with Crippen molar-refractivity contribution in [2.24, 2.45) is 0 Å². The topological polar surface area (TPSA) is 58.6 Å². The van der Waals surface area contributed by atoms with Gasteiger partial charge in [0.2, 0.25) is 0 Å². The van der Waals surface area contributed by atoms with E-state index in [1.165, 1.54) is 6.66 Å². The predicted molar refractivity (Wildman–Crippen MR) is 53.7 cm³/mol. The highest BCUT2D eigenvalue weighted by Crippen LogP contribution is 2.27. The highest BCUT2D eigenvalue weighted by atomic mass is 31.2. The summed E-state index contributed by atoms with van der Waals surface area (Å²) in [5.41, 5.74) is 0.753. The van der Waals surface area contributed by atoms with Gasteiger partial charge in [0, 0.05) is 13.2 Å². The van der Waals surface area contributed by atoms with Crippen molar-refractivity contribution in [3.05, 3.63) is 24.5 Å². The van der Waals surface area contributed by atoms with Gasteiger partial charge in [-0.3, -0.25) is 4.57 Å². The van der Waals surface area contributed by atoms with Gasteiger partial charge in [-0.1, -0.05) is 13.2 Å². The lowest BCUT2D eigenvalue weighted by molar-refractivity contribution is 0.226. The van der Waals surface area contributed by atoms with Crippen LogP contribution in [0, 0.1) is 0 Å². The molecule has 0 aliphatic heterocycles. The Morgan fingerprint density at radius 3 is 2.54 bits per heavy atom. The van der Waals surface area contributed by atoms with E-state index in [0.29, 0.717) is 18.9 Å². The van der Waals surface area contributed by atoms with Crippen LogP contribution in [-0.4, -0.2) is 24.7 Å². The Morgan fingerprint density at radius 2 is 2.15 bits per heavy atom. The summed E-state index contributed by atoms with van der Waals surface area (Å²) < 4.78 is 15.9. The van der Waals surface area contributed by atoms with Crippen LogP contribution in [0.5, 0.6) is 0 Å². The van der Waals surface area contributed by atoms with Crippen molar-refractivity contribution in [1.29, 1.82) is 0 Å². The van der Waals surface area contributed by atoms with Crippen LogP contribution in [0.2, 0.25) is 0 Å². The fraction of sp³-hybridized carbons (Fsp3) is 0.500. The van der Waals surface area contributed by atoms with E-state index in [0.717, 1.165) is 5.57 Å². The normalized spacial score (nSPS) is 14.7. The van der Waals surface area contributed by atoms with E-state index in [-0.39, 0.29) is 0 Å². The Balaban J connectivity index is 3.53. The molecule has 0 aromatic rings. The molecule has 0 aromatic carbocycles. The van der Waals surface area contributed by atoms with Gasteiger partial charge >= 0.3 is 0 Å². The van der Waals surface area contributed by atoms with Crippen molar-refractivity contribution in [1.82, 2.24) is 5.09 Å². The molecular weight excluding hydrogens is 189 g/mol. The number of ether oxygens (including phenoxy) is 1. The van der Waals surface area contributed by atoms with Gasteiger partial charge in [0.1, 0.15) is 12.4 Å². The molecule has 0 bridgehead atoms. The molecule has 2 N–H and O–H groups in total. The van der Waals surface area contributed by atoms with Crippen molar-refractivity contribution < 1.29 is 14.2 Å². The average molecular weight is 205 g/mol. The standard InChI is InChI=1S/C8H16NO3P/c1-7(2)8(3)12-6-5-9-13(4,10)11/h1,3,5-6H2,2,4H3,(H2,9,10,11). The van der Waals surface area contributed by atoms with E-state index >= 15 is 0 Å². The zero-order chi connectivity index (χ0) is 10.5. The maximum Gasteiger partial charge on any atom is 0.264 e. The monoisotopic (exact) mass is 205 g/mol. The summed E-state index contributed by atoms with van der Waals surface area (Å²) in [6, 6.07) is 0. The molecule has 0 rings (SSSR count). The fourth-order valence-electron chi connectivity index (χ4n) is 0.551. The molecular formula is C8H16NO3P. The van der Waals surface area contributed by atoms with Crippen LogP contribution < -0.4 is 5.09 Å². The Hall–Kier alpha value is -0.570.